The average molecular weight is 308 g/mol. The first-order valence-electron chi connectivity index (χ1n) is 6.56. The number of halogens is 3. The van der Waals surface area contributed by atoms with E-state index in [-0.39, 0.29) is 23.6 Å². The maximum Gasteiger partial charge on any atom is 0.267 e. The molecule has 0 saturated heterocycles. The first-order chi connectivity index (χ1) is 10.5. The number of fused-ring (bicyclic) bond motifs is 1. The van der Waals surface area contributed by atoms with Crippen LogP contribution in [0.5, 0.6) is 0 Å². The third-order valence-corrected chi connectivity index (χ3v) is 3.49. The summed E-state index contributed by atoms with van der Waals surface area (Å²) in [5.41, 5.74) is -2.03. The maximum absolute atomic E-state index is 14.3. The smallest absolute Gasteiger partial charge is 0.267 e. The number of amides is 1. The Hall–Kier alpha value is -2.41. The van der Waals surface area contributed by atoms with Gasteiger partial charge in [0, 0.05) is 6.61 Å². The summed E-state index contributed by atoms with van der Waals surface area (Å²) >= 11 is 0. The van der Waals surface area contributed by atoms with Crippen LogP contribution in [-0.2, 0) is 15.1 Å². The Labute approximate surface area is 123 Å². The van der Waals surface area contributed by atoms with E-state index < -0.39 is 29.0 Å². The molecule has 0 saturated carbocycles. The molecular formula is C15H11F3N2O2. The normalized spacial score (nSPS) is 19.9. The number of pyridine rings is 1. The van der Waals surface area contributed by atoms with Gasteiger partial charge in [-0.15, -0.1) is 0 Å². The van der Waals surface area contributed by atoms with Gasteiger partial charge in [0.15, 0.2) is 11.6 Å². The van der Waals surface area contributed by atoms with Gasteiger partial charge in [0.25, 0.3) is 5.91 Å². The Bertz CT molecular complexity index is 749. The molecule has 1 aliphatic rings. The summed E-state index contributed by atoms with van der Waals surface area (Å²) < 4.78 is 46.5. The molecule has 2 aromatic rings. The van der Waals surface area contributed by atoms with Crippen molar-refractivity contribution in [3.63, 3.8) is 0 Å². The zero-order valence-corrected chi connectivity index (χ0v) is 11.5. The molecule has 0 spiro atoms. The highest BCUT2D eigenvalue weighted by atomic mass is 19.2. The highest BCUT2D eigenvalue weighted by Crippen LogP contribution is 2.44. The van der Waals surface area contributed by atoms with Gasteiger partial charge in [-0.1, -0.05) is 12.1 Å². The van der Waals surface area contributed by atoms with Crippen molar-refractivity contribution >= 4 is 11.7 Å². The van der Waals surface area contributed by atoms with Crippen molar-refractivity contribution in [1.29, 1.82) is 0 Å². The van der Waals surface area contributed by atoms with Crippen molar-refractivity contribution in [2.24, 2.45) is 0 Å². The van der Waals surface area contributed by atoms with Crippen LogP contribution in [0, 0.1) is 17.5 Å². The number of anilines is 1. The van der Waals surface area contributed by atoms with Crippen molar-refractivity contribution in [2.75, 3.05) is 11.9 Å². The zero-order valence-electron chi connectivity index (χ0n) is 11.5. The highest BCUT2D eigenvalue weighted by Gasteiger charge is 2.53. The molecule has 4 nitrogen and oxygen atoms in total. The van der Waals surface area contributed by atoms with Gasteiger partial charge in [-0.05, 0) is 24.6 Å². The number of carbonyl (C=O) groups is 1. The second kappa shape index (κ2) is 5.10. The topological polar surface area (TPSA) is 51.2 Å². The fraction of sp³-hybridized carbons (Fsp3) is 0.200. The lowest BCUT2D eigenvalue weighted by atomic mass is 9.87. The van der Waals surface area contributed by atoms with Gasteiger partial charge in [0.2, 0.25) is 5.60 Å². The predicted molar refractivity (Wildman–Crippen MR) is 71.6 cm³/mol. The lowest BCUT2D eigenvalue weighted by molar-refractivity contribution is -0.135. The molecule has 1 aromatic heterocycles. The largest absolute Gasteiger partial charge is 0.356 e. The van der Waals surface area contributed by atoms with Gasteiger partial charge in [-0.2, -0.15) is 0 Å². The number of nitrogens with zero attached hydrogens (tertiary/aromatic N) is 1. The van der Waals surface area contributed by atoms with E-state index in [0.717, 1.165) is 12.1 Å². The SMILES string of the molecule is CCO[C@]1(c2ccc(F)cc2)C(=O)Nc2ncc(F)c(F)c21. The van der Waals surface area contributed by atoms with E-state index in [9.17, 15) is 18.0 Å². The van der Waals surface area contributed by atoms with Crippen molar-refractivity contribution in [3.8, 4) is 0 Å². The molecule has 0 unspecified atom stereocenters. The minimum atomic E-state index is -1.89. The zero-order chi connectivity index (χ0) is 15.9. The molecule has 1 amide bonds. The van der Waals surface area contributed by atoms with E-state index in [4.69, 9.17) is 4.74 Å². The molecule has 1 aromatic carbocycles. The van der Waals surface area contributed by atoms with E-state index in [2.05, 4.69) is 10.3 Å². The third kappa shape index (κ3) is 1.89. The van der Waals surface area contributed by atoms with E-state index >= 15 is 0 Å². The van der Waals surface area contributed by atoms with Gasteiger partial charge in [-0.25, -0.2) is 18.2 Å². The molecule has 0 radical (unpaired) electrons. The summed E-state index contributed by atoms with van der Waals surface area (Å²) in [6.45, 7) is 1.67. The Kier molecular flexibility index (Phi) is 3.37. The number of benzene rings is 1. The molecule has 22 heavy (non-hydrogen) atoms. The van der Waals surface area contributed by atoms with E-state index in [1.807, 2.05) is 0 Å². The Morgan fingerprint density at radius 3 is 2.55 bits per heavy atom. The van der Waals surface area contributed by atoms with Crippen molar-refractivity contribution in [3.05, 3.63) is 59.0 Å². The summed E-state index contributed by atoms with van der Waals surface area (Å²) in [6.07, 6.45) is 0.682. The quantitative estimate of drug-likeness (QED) is 0.948. The van der Waals surface area contributed by atoms with Crippen LogP contribution in [0.4, 0.5) is 19.0 Å². The first kappa shape index (κ1) is 14.5. The molecule has 0 bridgehead atoms. The summed E-state index contributed by atoms with van der Waals surface area (Å²) in [7, 11) is 0. The van der Waals surface area contributed by atoms with Crippen LogP contribution in [-0.4, -0.2) is 17.5 Å². The van der Waals surface area contributed by atoms with Gasteiger partial charge in [-0.3, -0.25) is 4.79 Å². The van der Waals surface area contributed by atoms with Crippen LogP contribution in [0.3, 0.4) is 0 Å². The molecule has 1 atom stereocenters. The minimum absolute atomic E-state index is 0.0557. The van der Waals surface area contributed by atoms with Gasteiger partial charge < -0.3 is 10.1 Å². The molecular weight excluding hydrogens is 297 g/mol. The predicted octanol–water partition coefficient (Wildman–Crippen LogP) is 2.73. The van der Waals surface area contributed by atoms with Crippen molar-refractivity contribution in [1.82, 2.24) is 4.98 Å². The lowest BCUT2D eigenvalue weighted by Crippen LogP contribution is -2.39. The van der Waals surface area contributed by atoms with Crippen molar-refractivity contribution < 1.29 is 22.7 Å². The summed E-state index contributed by atoms with van der Waals surface area (Å²) in [6, 6.07) is 4.83. The first-order valence-corrected chi connectivity index (χ1v) is 6.56. The van der Waals surface area contributed by atoms with Gasteiger partial charge >= 0.3 is 0 Å². The fourth-order valence-electron chi connectivity index (χ4n) is 2.59. The van der Waals surface area contributed by atoms with Gasteiger partial charge in [0.1, 0.15) is 11.6 Å². The van der Waals surface area contributed by atoms with Crippen LogP contribution in [0.25, 0.3) is 0 Å². The molecule has 0 fully saturated rings. The number of aromatic nitrogens is 1. The average Bonchev–Trinajstić information content (AvgIpc) is 2.78. The van der Waals surface area contributed by atoms with E-state index in [0.29, 0.717) is 6.20 Å². The molecule has 3 rings (SSSR count). The molecule has 1 N–H and O–H groups in total. The fourth-order valence-corrected chi connectivity index (χ4v) is 2.59. The summed E-state index contributed by atoms with van der Waals surface area (Å²) in [5, 5.41) is 2.38. The van der Waals surface area contributed by atoms with E-state index in [1.165, 1.54) is 12.1 Å². The number of nitrogens with one attached hydrogen (secondary N) is 1. The third-order valence-electron chi connectivity index (χ3n) is 3.49. The molecule has 1 aliphatic heterocycles. The molecule has 2 heterocycles. The van der Waals surface area contributed by atoms with E-state index in [1.54, 1.807) is 6.92 Å². The maximum atomic E-state index is 14.3. The van der Waals surface area contributed by atoms with Crippen LogP contribution in [0.15, 0.2) is 30.5 Å². The number of hydrogen-bond acceptors (Lipinski definition) is 3. The Morgan fingerprint density at radius 1 is 1.23 bits per heavy atom. The second-order valence-corrected chi connectivity index (χ2v) is 4.72. The Morgan fingerprint density at radius 2 is 1.91 bits per heavy atom. The summed E-state index contributed by atoms with van der Waals surface area (Å²) in [4.78, 5) is 16.1. The lowest BCUT2D eigenvalue weighted by Gasteiger charge is -2.27. The van der Waals surface area contributed by atoms with Crippen LogP contribution in [0.2, 0.25) is 0 Å². The minimum Gasteiger partial charge on any atom is -0.356 e. The second-order valence-electron chi connectivity index (χ2n) is 4.72. The summed E-state index contributed by atoms with van der Waals surface area (Å²) in [5.74, 6) is -3.75. The van der Waals surface area contributed by atoms with Crippen molar-refractivity contribution in [2.45, 2.75) is 12.5 Å². The van der Waals surface area contributed by atoms with Crippen LogP contribution < -0.4 is 5.32 Å². The standard InChI is InChI=1S/C15H11F3N2O2/c1-2-22-15(8-3-5-9(16)6-4-8)11-12(18)10(17)7-19-13(11)20-14(15)21/h3-7H,2H2,1H3,(H,19,20,21)/t15-/m0/s1. The number of carbonyl (C=O) groups excluding carboxylic acids is 1. The van der Waals surface area contributed by atoms with Gasteiger partial charge in [0.05, 0.1) is 11.8 Å². The molecule has 114 valence electrons. The molecule has 7 heteroatoms. The Balaban J connectivity index is 2.31. The highest BCUT2D eigenvalue weighted by molar-refractivity contribution is 6.06. The van der Waals surface area contributed by atoms with Crippen LogP contribution in [0.1, 0.15) is 18.1 Å². The molecule has 0 aliphatic carbocycles. The monoisotopic (exact) mass is 308 g/mol. The van der Waals surface area contributed by atoms with Crippen LogP contribution >= 0.6 is 0 Å². The number of rotatable bonds is 3. The number of ether oxygens (including phenoxy) is 1. The number of hydrogen-bond donors (Lipinski definition) is 1.